The van der Waals surface area contributed by atoms with Crippen molar-refractivity contribution in [1.82, 2.24) is 0 Å². The molecule has 0 fully saturated rings. The Hall–Kier alpha value is -1.87. The van der Waals surface area contributed by atoms with Crippen molar-refractivity contribution >= 4 is 0 Å². The molecular weight excluding hydrogens is 207 g/mol. The Bertz CT molecular complexity index is 469. The molecule has 0 bridgehead atoms. The highest BCUT2D eigenvalue weighted by atomic mass is 19.1. The van der Waals surface area contributed by atoms with Gasteiger partial charge in [0.15, 0.2) is 11.6 Å². The Kier molecular flexibility index (Phi) is 3.17. The van der Waals surface area contributed by atoms with Crippen molar-refractivity contribution in [3.63, 3.8) is 0 Å². The molecule has 82 valence electrons. The van der Waals surface area contributed by atoms with Crippen LogP contribution in [-0.4, -0.2) is 5.11 Å². The van der Waals surface area contributed by atoms with Gasteiger partial charge in [0.2, 0.25) is 0 Å². The van der Waals surface area contributed by atoms with Crippen LogP contribution in [0.25, 0.3) is 0 Å². The Balaban J connectivity index is 2.28. The van der Waals surface area contributed by atoms with Crippen molar-refractivity contribution in [3.8, 4) is 11.5 Å². The smallest absolute Gasteiger partial charge is 0.171 e. The van der Waals surface area contributed by atoms with Crippen molar-refractivity contribution in [2.24, 2.45) is 0 Å². The monoisotopic (exact) mass is 218 g/mol. The molecule has 0 aliphatic carbocycles. The fourth-order valence-corrected chi connectivity index (χ4v) is 1.37. The van der Waals surface area contributed by atoms with Gasteiger partial charge in [0.1, 0.15) is 5.75 Å². The minimum atomic E-state index is -0.520. The van der Waals surface area contributed by atoms with Gasteiger partial charge in [-0.1, -0.05) is 30.3 Å². The highest BCUT2D eigenvalue weighted by molar-refractivity contribution is 5.35. The molecule has 0 unspecified atom stereocenters. The quantitative estimate of drug-likeness (QED) is 0.857. The predicted molar refractivity (Wildman–Crippen MR) is 58.8 cm³/mol. The summed E-state index contributed by atoms with van der Waals surface area (Å²) in [4.78, 5) is 0. The van der Waals surface area contributed by atoms with Crippen molar-refractivity contribution < 1.29 is 14.2 Å². The van der Waals surface area contributed by atoms with Crippen LogP contribution in [-0.2, 0) is 6.61 Å². The molecule has 0 radical (unpaired) electrons. The van der Waals surface area contributed by atoms with Crippen LogP contribution in [0, 0.1) is 5.82 Å². The average molecular weight is 218 g/mol. The number of aliphatic hydroxyl groups excluding tert-OH is 1. The third-order valence-corrected chi connectivity index (χ3v) is 2.18. The van der Waals surface area contributed by atoms with E-state index in [0.29, 0.717) is 5.75 Å². The Morgan fingerprint density at radius 2 is 1.75 bits per heavy atom. The van der Waals surface area contributed by atoms with E-state index in [-0.39, 0.29) is 17.9 Å². The van der Waals surface area contributed by atoms with Gasteiger partial charge in [-0.3, -0.25) is 0 Å². The zero-order valence-corrected chi connectivity index (χ0v) is 8.56. The first kappa shape index (κ1) is 10.6. The summed E-state index contributed by atoms with van der Waals surface area (Å²) in [6.45, 7) is -0.335. The number of halogens is 1. The van der Waals surface area contributed by atoms with Gasteiger partial charge >= 0.3 is 0 Å². The van der Waals surface area contributed by atoms with Crippen LogP contribution in [0.5, 0.6) is 11.5 Å². The molecule has 3 heteroatoms. The Morgan fingerprint density at radius 3 is 2.44 bits per heavy atom. The van der Waals surface area contributed by atoms with E-state index < -0.39 is 5.82 Å². The number of benzene rings is 2. The molecule has 0 atom stereocenters. The molecule has 2 aromatic rings. The summed E-state index contributed by atoms with van der Waals surface area (Å²) in [5.41, 5.74) is 0.230. The third kappa shape index (κ3) is 2.20. The second-order valence-corrected chi connectivity index (χ2v) is 3.30. The molecule has 1 N–H and O–H groups in total. The lowest BCUT2D eigenvalue weighted by atomic mass is 10.2. The summed E-state index contributed by atoms with van der Waals surface area (Å²) in [6.07, 6.45) is 0. The van der Waals surface area contributed by atoms with E-state index in [2.05, 4.69) is 0 Å². The maximum absolute atomic E-state index is 13.7. The summed E-state index contributed by atoms with van der Waals surface area (Å²) in [5.74, 6) is 0.170. The lowest BCUT2D eigenvalue weighted by Gasteiger charge is -2.08. The highest BCUT2D eigenvalue weighted by Gasteiger charge is 2.08. The maximum atomic E-state index is 13.7. The summed E-state index contributed by atoms with van der Waals surface area (Å²) in [7, 11) is 0. The van der Waals surface area contributed by atoms with Crippen LogP contribution in [0.1, 0.15) is 5.56 Å². The first-order valence-electron chi connectivity index (χ1n) is 4.92. The van der Waals surface area contributed by atoms with Crippen LogP contribution in [0.15, 0.2) is 48.5 Å². The van der Waals surface area contributed by atoms with Crippen LogP contribution < -0.4 is 4.74 Å². The molecule has 0 saturated heterocycles. The minimum Gasteiger partial charge on any atom is -0.454 e. The molecule has 0 aromatic heterocycles. The third-order valence-electron chi connectivity index (χ3n) is 2.18. The van der Waals surface area contributed by atoms with Gasteiger partial charge in [-0.2, -0.15) is 0 Å². The van der Waals surface area contributed by atoms with E-state index in [1.165, 1.54) is 12.1 Å². The van der Waals surface area contributed by atoms with Crippen molar-refractivity contribution in [1.29, 1.82) is 0 Å². The van der Waals surface area contributed by atoms with E-state index in [9.17, 15) is 4.39 Å². The summed E-state index contributed by atoms with van der Waals surface area (Å²) in [5, 5.41) is 8.91. The molecule has 0 aliphatic heterocycles. The number of hydrogen-bond donors (Lipinski definition) is 1. The molecule has 0 saturated carbocycles. The molecule has 0 aliphatic rings. The van der Waals surface area contributed by atoms with E-state index >= 15 is 0 Å². The van der Waals surface area contributed by atoms with Crippen molar-refractivity contribution in [2.45, 2.75) is 6.61 Å². The largest absolute Gasteiger partial charge is 0.454 e. The van der Waals surface area contributed by atoms with Crippen LogP contribution in [0.2, 0.25) is 0 Å². The zero-order chi connectivity index (χ0) is 11.4. The standard InChI is InChI=1S/C13H11FO2/c14-13-10(9-15)5-4-8-12(13)16-11-6-2-1-3-7-11/h1-8,15H,9H2. The molecule has 2 aromatic carbocycles. The second-order valence-electron chi connectivity index (χ2n) is 3.30. The summed E-state index contributed by atoms with van der Waals surface area (Å²) in [6, 6.07) is 13.7. The minimum absolute atomic E-state index is 0.123. The fraction of sp³-hybridized carbons (Fsp3) is 0.0769. The van der Waals surface area contributed by atoms with E-state index in [1.807, 2.05) is 18.2 Å². The van der Waals surface area contributed by atoms with E-state index in [1.54, 1.807) is 18.2 Å². The number of ether oxygens (including phenoxy) is 1. The molecular formula is C13H11FO2. The summed E-state index contributed by atoms with van der Waals surface area (Å²) < 4.78 is 19.0. The average Bonchev–Trinajstić information content (AvgIpc) is 2.33. The van der Waals surface area contributed by atoms with Crippen LogP contribution >= 0.6 is 0 Å². The lowest BCUT2D eigenvalue weighted by molar-refractivity contribution is 0.273. The van der Waals surface area contributed by atoms with E-state index in [0.717, 1.165) is 0 Å². The SMILES string of the molecule is OCc1cccc(Oc2ccccc2)c1F. The Labute approximate surface area is 92.9 Å². The van der Waals surface area contributed by atoms with Gasteiger partial charge in [0, 0.05) is 5.56 Å². The van der Waals surface area contributed by atoms with Crippen LogP contribution in [0.3, 0.4) is 0 Å². The molecule has 2 rings (SSSR count). The molecule has 2 nitrogen and oxygen atoms in total. The summed E-state index contributed by atoms with van der Waals surface area (Å²) >= 11 is 0. The van der Waals surface area contributed by atoms with Gasteiger partial charge in [0.05, 0.1) is 6.61 Å². The van der Waals surface area contributed by atoms with Gasteiger partial charge in [-0.15, -0.1) is 0 Å². The predicted octanol–water partition coefficient (Wildman–Crippen LogP) is 3.11. The first-order valence-corrected chi connectivity index (χ1v) is 4.92. The Morgan fingerprint density at radius 1 is 1.00 bits per heavy atom. The first-order chi connectivity index (χ1) is 7.81. The topological polar surface area (TPSA) is 29.5 Å². The van der Waals surface area contributed by atoms with Gasteiger partial charge in [-0.25, -0.2) is 4.39 Å². The number of rotatable bonds is 3. The van der Waals surface area contributed by atoms with Gasteiger partial charge in [0.25, 0.3) is 0 Å². The molecule has 16 heavy (non-hydrogen) atoms. The normalized spacial score (nSPS) is 10.1. The second kappa shape index (κ2) is 4.77. The fourth-order valence-electron chi connectivity index (χ4n) is 1.37. The van der Waals surface area contributed by atoms with Gasteiger partial charge < -0.3 is 9.84 Å². The molecule has 0 spiro atoms. The van der Waals surface area contributed by atoms with Crippen LogP contribution in [0.4, 0.5) is 4.39 Å². The number of aliphatic hydroxyl groups is 1. The molecule has 0 amide bonds. The maximum Gasteiger partial charge on any atom is 0.171 e. The van der Waals surface area contributed by atoms with Crippen molar-refractivity contribution in [3.05, 3.63) is 59.9 Å². The van der Waals surface area contributed by atoms with Gasteiger partial charge in [-0.05, 0) is 18.2 Å². The number of hydrogen-bond acceptors (Lipinski definition) is 2. The van der Waals surface area contributed by atoms with Crippen molar-refractivity contribution in [2.75, 3.05) is 0 Å². The molecule has 0 heterocycles. The number of para-hydroxylation sites is 1. The zero-order valence-electron chi connectivity index (χ0n) is 8.56. The van der Waals surface area contributed by atoms with E-state index in [4.69, 9.17) is 9.84 Å². The highest BCUT2D eigenvalue weighted by Crippen LogP contribution is 2.25. The lowest BCUT2D eigenvalue weighted by Crippen LogP contribution is -1.94.